The summed E-state index contributed by atoms with van der Waals surface area (Å²) in [5.41, 5.74) is 1.61. The summed E-state index contributed by atoms with van der Waals surface area (Å²) in [6.45, 7) is 3.10. The minimum atomic E-state index is -0.477. The molecule has 29 valence electrons. The van der Waals surface area contributed by atoms with Crippen molar-refractivity contribution in [3.63, 3.8) is 0 Å². The van der Waals surface area contributed by atoms with Gasteiger partial charge in [-0.1, -0.05) is 6.58 Å². The van der Waals surface area contributed by atoms with E-state index in [0.29, 0.717) is 0 Å². The Bertz CT molecular complexity index is 75.3. The molecule has 1 amide bonds. The second-order valence-corrected chi connectivity index (χ2v) is 0.568. The fourth-order valence-corrected chi connectivity index (χ4v) is 0. The second kappa shape index (κ2) is 5.21. The maximum absolute atomic E-state index is 9.76. The molecule has 1 radical (unpaired) electrons. The normalized spacial score (nSPS) is 7.00. The van der Waals surface area contributed by atoms with Crippen LogP contribution in [0.15, 0.2) is 12.7 Å². The van der Waals surface area contributed by atoms with Crippen LogP contribution in [0.2, 0.25) is 1.41 Å². The van der Waals surface area contributed by atoms with Gasteiger partial charge in [0.15, 0.2) is 1.41 Å². The number of hydrogen-bond acceptors (Lipinski definition) is 1. The molecule has 0 aromatic rings. The maximum atomic E-state index is 9.76. The van der Waals surface area contributed by atoms with Crippen molar-refractivity contribution in [1.82, 2.24) is 0 Å². The van der Waals surface area contributed by atoms with Crippen molar-refractivity contribution in [2.75, 3.05) is 0 Å². The van der Waals surface area contributed by atoms with Crippen LogP contribution in [0.5, 0.6) is 0 Å². The molecule has 3 heteroatoms. The van der Waals surface area contributed by atoms with E-state index >= 15 is 0 Å². The van der Waals surface area contributed by atoms with Crippen LogP contribution in [0, 0.1) is 0 Å². The summed E-state index contributed by atoms with van der Waals surface area (Å²) in [4.78, 5) is 9.76. The van der Waals surface area contributed by atoms with Gasteiger partial charge in [0, 0.05) is 29.6 Å². The van der Waals surface area contributed by atoms with Gasteiger partial charge in [-0.25, -0.2) is 0 Å². The second-order valence-electron chi connectivity index (χ2n) is 0.568. The van der Waals surface area contributed by atoms with Crippen LogP contribution in [0.1, 0.15) is 0 Å². The molecule has 2 nitrogen and oxygen atoms in total. The predicted molar refractivity (Wildman–Crippen MR) is 25.1 cm³/mol. The molecular weight excluding hydrogens is 89.0 g/mol. The molecule has 0 rings (SSSR count). The first-order valence-electron chi connectivity index (χ1n) is 1.65. The van der Waals surface area contributed by atoms with Gasteiger partial charge in [-0.15, -0.1) is 0 Å². The van der Waals surface area contributed by atoms with Crippen molar-refractivity contribution in [1.29, 1.82) is 0 Å². The fraction of sp³-hybridized carbons (Fsp3) is 0. The number of hydrogen-bond donors (Lipinski definition) is 1. The molecule has 0 aliphatic heterocycles. The van der Waals surface area contributed by atoms with E-state index in [-0.39, 0.29) is 29.6 Å². The van der Waals surface area contributed by atoms with Gasteiger partial charge in [-0.3, -0.25) is 4.79 Å². The summed E-state index contributed by atoms with van der Waals surface area (Å²) in [6, 6.07) is 0. The Labute approximate surface area is 60.2 Å². The molecule has 0 aromatic heterocycles. The summed E-state index contributed by atoms with van der Waals surface area (Å²) in [5, 5.41) is 0. The van der Waals surface area contributed by atoms with Crippen molar-refractivity contribution in [3.05, 3.63) is 12.7 Å². The van der Waals surface area contributed by atoms with E-state index < -0.39 is 5.91 Å². The minimum absolute atomic E-state index is 0. The van der Waals surface area contributed by atoms with Crippen LogP contribution in [-0.2, 0) is 4.79 Å². The van der Waals surface area contributed by atoms with Gasteiger partial charge in [0.1, 0.15) is 0 Å². The third kappa shape index (κ3) is 8.88. The minimum Gasteiger partial charge on any atom is -0.366 e. The summed E-state index contributed by atoms with van der Waals surface area (Å²) >= 11 is 0. The molecular formula is C3H5NNaO. The molecule has 0 aliphatic carbocycles. The van der Waals surface area contributed by atoms with Crippen LogP contribution in [0.25, 0.3) is 0 Å². The molecule has 0 fully saturated rings. The summed E-state index contributed by atoms with van der Waals surface area (Å²) in [5.74, 6) is -0.477. The Morgan fingerprint density at radius 3 is 2.67 bits per heavy atom. The number of carbonyl (C=O) groups is 1. The molecule has 0 spiro atoms. The van der Waals surface area contributed by atoms with Gasteiger partial charge in [-0.05, 0) is 6.08 Å². The number of rotatable bonds is 1. The van der Waals surface area contributed by atoms with Crippen molar-refractivity contribution in [2.24, 2.45) is 5.73 Å². The predicted octanol–water partition coefficient (Wildman–Crippen LogP) is -0.723. The van der Waals surface area contributed by atoms with Crippen LogP contribution < -0.4 is 5.73 Å². The Kier molecular flexibility index (Phi) is 5.39. The number of nitrogens with two attached hydrogens (primary N) is 1. The molecule has 0 unspecified atom stereocenters. The van der Waals surface area contributed by atoms with Gasteiger partial charge < -0.3 is 5.73 Å². The van der Waals surface area contributed by atoms with Crippen LogP contribution >= 0.6 is 0 Å². The van der Waals surface area contributed by atoms with E-state index in [0.717, 1.165) is 6.08 Å². The quantitative estimate of drug-likeness (QED) is 0.339. The van der Waals surface area contributed by atoms with E-state index in [2.05, 4.69) is 6.58 Å². The number of primary amides is 1. The molecule has 0 bridgehead atoms. The average Bonchev–Trinajstić information content (AvgIpc) is 1.65. The third-order valence-electron chi connectivity index (χ3n) is 0.185. The van der Waals surface area contributed by atoms with Gasteiger partial charge in [0.2, 0.25) is 5.91 Å². The van der Waals surface area contributed by atoms with Crippen LogP contribution in [-0.4, -0.2) is 35.5 Å². The molecule has 0 saturated carbocycles. The zero-order valence-corrected chi connectivity index (χ0v) is 5.69. The van der Waals surface area contributed by atoms with Gasteiger partial charge in [-0.2, -0.15) is 0 Å². The third-order valence-corrected chi connectivity index (χ3v) is 0.185. The van der Waals surface area contributed by atoms with Crippen molar-refractivity contribution in [3.8, 4) is 0 Å². The molecule has 0 heterocycles. The van der Waals surface area contributed by atoms with Crippen LogP contribution in [0.3, 0.4) is 0 Å². The summed E-state index contributed by atoms with van der Waals surface area (Å²) in [6.07, 6.45) is 1.03. The van der Waals surface area contributed by atoms with Crippen molar-refractivity contribution in [2.45, 2.75) is 0 Å². The fourth-order valence-electron chi connectivity index (χ4n) is 0. The maximum Gasteiger partial charge on any atom is 0.240 e. The zero-order valence-electron chi connectivity index (χ0n) is 4.69. The summed E-state index contributed by atoms with van der Waals surface area (Å²) < 4.78 is 6.14. The monoisotopic (exact) mass is 95.0 g/mol. The average molecular weight is 95.1 g/mol. The SMILES string of the molecule is [2H]NC(=O)C=C.[Na]. The standard InChI is InChI=1S/C3H5NO.Na/c1-2-3(4)5;/h2H,1H2,(H2,4,5);/i/hD. The largest absolute Gasteiger partial charge is 0.366 e. The van der Waals surface area contributed by atoms with E-state index in [4.69, 9.17) is 1.41 Å². The van der Waals surface area contributed by atoms with Crippen LogP contribution in [0.4, 0.5) is 0 Å². The van der Waals surface area contributed by atoms with E-state index in [1.807, 2.05) is 0 Å². The Balaban J connectivity index is 0. The Morgan fingerprint density at radius 2 is 2.67 bits per heavy atom. The Morgan fingerprint density at radius 1 is 2.17 bits per heavy atom. The zero-order chi connectivity index (χ0) is 4.99. The smallest absolute Gasteiger partial charge is 0.240 e. The van der Waals surface area contributed by atoms with Gasteiger partial charge >= 0.3 is 0 Å². The first kappa shape index (κ1) is 6.21. The van der Waals surface area contributed by atoms with Gasteiger partial charge in [0.25, 0.3) is 0 Å². The van der Waals surface area contributed by atoms with Gasteiger partial charge in [0.05, 0.1) is 0 Å². The van der Waals surface area contributed by atoms with Crippen molar-refractivity contribution >= 4 is 35.5 Å². The first-order valence-corrected chi connectivity index (χ1v) is 1.15. The van der Waals surface area contributed by atoms with Crippen molar-refractivity contribution < 1.29 is 6.21 Å². The molecule has 2 N–H and O–H groups in total. The van der Waals surface area contributed by atoms with E-state index in [1.54, 1.807) is 5.73 Å². The topological polar surface area (TPSA) is 43.1 Å². The molecule has 6 heavy (non-hydrogen) atoms. The molecule has 0 aliphatic rings. The first-order chi connectivity index (χ1) is 2.81. The summed E-state index contributed by atoms with van der Waals surface area (Å²) in [7, 11) is 0. The van der Waals surface area contributed by atoms with E-state index in [1.165, 1.54) is 0 Å². The number of amides is 1. The molecule has 0 atom stereocenters. The number of carbonyl (C=O) groups excluding carboxylic acids is 1. The Hall–Kier alpha value is 0.210. The molecule has 0 aromatic carbocycles. The molecule has 0 saturated heterocycles. The van der Waals surface area contributed by atoms with E-state index in [9.17, 15) is 4.79 Å².